The maximum Gasteiger partial charge on any atom is 0.323 e. The number of piperidine rings is 1. The summed E-state index contributed by atoms with van der Waals surface area (Å²) in [5.41, 5.74) is 3.09. The molecule has 0 atom stereocenters. The molecule has 1 saturated heterocycles. The highest BCUT2D eigenvalue weighted by atomic mass is 16.2. The van der Waals surface area contributed by atoms with E-state index in [1.165, 1.54) is 25.5 Å². The number of Topliss-reactive ketones (excluding diaryl/α,β-unsaturated/α-hetero) is 1. The number of nitrogens with one attached hydrogen (secondary N) is 2. The minimum Gasteiger partial charge on any atom is -0.372 e. The number of benzene rings is 2. The molecule has 0 aliphatic carbocycles. The molecule has 2 amide bonds. The van der Waals surface area contributed by atoms with E-state index in [1.54, 1.807) is 24.3 Å². The third kappa shape index (κ3) is 4.63. The predicted octanol–water partition coefficient (Wildman–Crippen LogP) is 4.77. The molecule has 0 bridgehead atoms. The van der Waals surface area contributed by atoms with Crippen LogP contribution in [-0.2, 0) is 0 Å². The van der Waals surface area contributed by atoms with Gasteiger partial charge in [0, 0.05) is 35.7 Å². The summed E-state index contributed by atoms with van der Waals surface area (Å²) in [6, 6.07) is 14.5. The molecule has 0 unspecified atom stereocenters. The molecule has 26 heavy (non-hydrogen) atoms. The van der Waals surface area contributed by atoms with Gasteiger partial charge in [-0.05, 0) is 62.1 Å². The molecule has 0 aromatic heterocycles. The van der Waals surface area contributed by atoms with Crippen molar-refractivity contribution in [3.8, 4) is 0 Å². The minimum absolute atomic E-state index is 0.0308. The lowest BCUT2D eigenvalue weighted by Gasteiger charge is -2.32. The number of carbonyl (C=O) groups is 2. The standard InChI is InChI=1S/C21H25N3O2/c1-15-10-12-24(13-11-15)20-8-6-18(7-9-20)22-21(26)23-19-5-3-4-17(14-19)16(2)25/h3-9,14-15H,10-13H2,1-2H3,(H2,22,23,26). The Morgan fingerprint density at radius 1 is 0.962 bits per heavy atom. The Bertz CT molecular complexity index is 778. The molecule has 1 heterocycles. The van der Waals surface area contributed by atoms with Gasteiger partial charge in [-0.15, -0.1) is 0 Å². The SMILES string of the molecule is CC(=O)c1cccc(NC(=O)Nc2ccc(N3CCC(C)CC3)cc2)c1. The number of ketones is 1. The number of hydrogen-bond donors (Lipinski definition) is 2. The first-order valence-electron chi connectivity index (χ1n) is 9.05. The van der Waals surface area contributed by atoms with Crippen LogP contribution in [0.2, 0.25) is 0 Å². The van der Waals surface area contributed by atoms with E-state index >= 15 is 0 Å². The van der Waals surface area contributed by atoms with Crippen molar-refractivity contribution in [3.05, 3.63) is 54.1 Å². The quantitative estimate of drug-likeness (QED) is 0.780. The first-order chi connectivity index (χ1) is 12.5. The van der Waals surface area contributed by atoms with E-state index in [-0.39, 0.29) is 11.8 Å². The summed E-state index contributed by atoms with van der Waals surface area (Å²) in [7, 11) is 0. The molecule has 0 saturated carbocycles. The van der Waals surface area contributed by atoms with Gasteiger partial charge >= 0.3 is 6.03 Å². The van der Waals surface area contributed by atoms with Crippen molar-refractivity contribution in [2.45, 2.75) is 26.7 Å². The molecule has 2 N–H and O–H groups in total. The van der Waals surface area contributed by atoms with Crippen LogP contribution in [0.25, 0.3) is 0 Å². The highest BCUT2D eigenvalue weighted by Crippen LogP contribution is 2.24. The topological polar surface area (TPSA) is 61.4 Å². The number of nitrogens with zero attached hydrogens (tertiary/aromatic N) is 1. The second-order valence-electron chi connectivity index (χ2n) is 6.93. The minimum atomic E-state index is -0.328. The third-order valence-electron chi connectivity index (χ3n) is 4.80. The van der Waals surface area contributed by atoms with Crippen LogP contribution in [-0.4, -0.2) is 24.9 Å². The second-order valence-corrected chi connectivity index (χ2v) is 6.93. The van der Waals surface area contributed by atoms with Crippen LogP contribution >= 0.6 is 0 Å². The Kier molecular flexibility index (Phi) is 5.56. The summed E-state index contributed by atoms with van der Waals surface area (Å²) in [4.78, 5) is 26.0. The van der Waals surface area contributed by atoms with E-state index in [0.29, 0.717) is 11.3 Å². The molecule has 1 aliphatic rings. The predicted molar refractivity (Wildman–Crippen MR) is 106 cm³/mol. The summed E-state index contributed by atoms with van der Waals surface area (Å²) in [5.74, 6) is 0.772. The molecule has 1 fully saturated rings. The summed E-state index contributed by atoms with van der Waals surface area (Å²) in [6.45, 7) is 5.97. The smallest absolute Gasteiger partial charge is 0.323 e. The fraction of sp³-hybridized carbons (Fsp3) is 0.333. The van der Waals surface area contributed by atoms with Crippen LogP contribution in [0, 0.1) is 5.92 Å². The molecule has 0 radical (unpaired) electrons. The monoisotopic (exact) mass is 351 g/mol. The van der Waals surface area contributed by atoms with Gasteiger partial charge < -0.3 is 15.5 Å². The van der Waals surface area contributed by atoms with Crippen molar-refractivity contribution in [2.75, 3.05) is 28.6 Å². The van der Waals surface area contributed by atoms with Crippen molar-refractivity contribution in [2.24, 2.45) is 5.92 Å². The second kappa shape index (κ2) is 8.04. The van der Waals surface area contributed by atoms with Gasteiger partial charge in [-0.2, -0.15) is 0 Å². The molecule has 2 aromatic rings. The van der Waals surface area contributed by atoms with Gasteiger partial charge in [-0.1, -0.05) is 19.1 Å². The number of urea groups is 1. The summed E-state index contributed by atoms with van der Waals surface area (Å²) >= 11 is 0. The molecular formula is C21H25N3O2. The van der Waals surface area contributed by atoms with Crippen molar-refractivity contribution in [1.29, 1.82) is 0 Å². The maximum absolute atomic E-state index is 12.2. The zero-order valence-corrected chi connectivity index (χ0v) is 15.3. The summed E-state index contributed by atoms with van der Waals surface area (Å²) in [6.07, 6.45) is 2.45. The molecule has 136 valence electrons. The van der Waals surface area contributed by atoms with Gasteiger partial charge in [-0.25, -0.2) is 4.79 Å². The lowest BCUT2D eigenvalue weighted by atomic mass is 9.99. The van der Waals surface area contributed by atoms with Gasteiger partial charge in [0.15, 0.2) is 5.78 Å². The number of hydrogen-bond acceptors (Lipinski definition) is 3. The number of rotatable bonds is 4. The van der Waals surface area contributed by atoms with Gasteiger partial charge in [0.05, 0.1) is 0 Å². The van der Waals surface area contributed by atoms with Crippen molar-refractivity contribution in [1.82, 2.24) is 0 Å². The van der Waals surface area contributed by atoms with E-state index in [4.69, 9.17) is 0 Å². The number of amides is 2. The molecule has 3 rings (SSSR count). The van der Waals surface area contributed by atoms with Crippen molar-refractivity contribution >= 4 is 28.9 Å². The van der Waals surface area contributed by atoms with Crippen LogP contribution < -0.4 is 15.5 Å². The average Bonchev–Trinajstić information content (AvgIpc) is 2.63. The Labute approximate surface area is 154 Å². The maximum atomic E-state index is 12.2. The Hall–Kier alpha value is -2.82. The van der Waals surface area contributed by atoms with Gasteiger partial charge in [0.25, 0.3) is 0 Å². The molecular weight excluding hydrogens is 326 g/mol. The zero-order valence-electron chi connectivity index (χ0n) is 15.3. The van der Waals surface area contributed by atoms with E-state index < -0.39 is 0 Å². The highest BCUT2D eigenvalue weighted by Gasteiger charge is 2.16. The molecule has 5 nitrogen and oxygen atoms in total. The Morgan fingerprint density at radius 2 is 1.62 bits per heavy atom. The van der Waals surface area contributed by atoms with Crippen LogP contribution in [0.15, 0.2) is 48.5 Å². The summed E-state index contributed by atoms with van der Waals surface area (Å²) < 4.78 is 0. The first kappa shape index (κ1) is 18.0. The van der Waals surface area contributed by atoms with E-state index in [0.717, 1.165) is 24.7 Å². The van der Waals surface area contributed by atoms with Gasteiger partial charge in [0.2, 0.25) is 0 Å². The number of anilines is 3. The largest absolute Gasteiger partial charge is 0.372 e. The molecule has 0 spiro atoms. The van der Waals surface area contributed by atoms with E-state index in [1.807, 2.05) is 24.3 Å². The van der Waals surface area contributed by atoms with Gasteiger partial charge in [0.1, 0.15) is 0 Å². The fourth-order valence-electron chi connectivity index (χ4n) is 3.13. The van der Waals surface area contributed by atoms with Crippen molar-refractivity contribution < 1.29 is 9.59 Å². The van der Waals surface area contributed by atoms with Crippen LogP contribution in [0.5, 0.6) is 0 Å². The van der Waals surface area contributed by atoms with Gasteiger partial charge in [-0.3, -0.25) is 4.79 Å². The van der Waals surface area contributed by atoms with Crippen LogP contribution in [0.3, 0.4) is 0 Å². The van der Waals surface area contributed by atoms with E-state index in [2.05, 4.69) is 22.5 Å². The lowest BCUT2D eigenvalue weighted by molar-refractivity contribution is 0.101. The van der Waals surface area contributed by atoms with E-state index in [9.17, 15) is 9.59 Å². The third-order valence-corrected chi connectivity index (χ3v) is 4.80. The molecule has 1 aliphatic heterocycles. The Morgan fingerprint density at radius 3 is 2.27 bits per heavy atom. The Balaban J connectivity index is 1.57. The number of carbonyl (C=O) groups excluding carboxylic acids is 2. The fourth-order valence-corrected chi connectivity index (χ4v) is 3.13. The highest BCUT2D eigenvalue weighted by molar-refractivity contribution is 6.01. The lowest BCUT2D eigenvalue weighted by Crippen LogP contribution is -2.32. The van der Waals surface area contributed by atoms with Crippen molar-refractivity contribution in [3.63, 3.8) is 0 Å². The summed E-state index contributed by atoms with van der Waals surface area (Å²) in [5, 5.41) is 5.58. The van der Waals surface area contributed by atoms with Crippen LogP contribution in [0.1, 0.15) is 37.0 Å². The first-order valence-corrected chi connectivity index (χ1v) is 9.05. The zero-order chi connectivity index (χ0) is 18.5. The average molecular weight is 351 g/mol. The molecule has 2 aromatic carbocycles. The normalized spacial score (nSPS) is 14.8. The molecule has 5 heteroatoms. The van der Waals surface area contributed by atoms with Crippen LogP contribution in [0.4, 0.5) is 21.9 Å².